The third kappa shape index (κ3) is 3.42. The van der Waals surface area contributed by atoms with Gasteiger partial charge in [0.25, 0.3) is 0 Å². The molecule has 3 heterocycles. The van der Waals surface area contributed by atoms with Crippen molar-refractivity contribution in [1.82, 2.24) is 19.5 Å². The molecule has 4 atom stereocenters. The van der Waals surface area contributed by atoms with Crippen LogP contribution in [-0.4, -0.2) is 53.8 Å². The van der Waals surface area contributed by atoms with E-state index in [1.807, 2.05) is 0 Å². The number of thioether (sulfide) groups is 1. The van der Waals surface area contributed by atoms with Crippen LogP contribution in [-0.2, 0) is 10.5 Å². The summed E-state index contributed by atoms with van der Waals surface area (Å²) in [6.07, 6.45) is -1.12. The van der Waals surface area contributed by atoms with Crippen molar-refractivity contribution in [3.63, 3.8) is 0 Å². The molecule has 4 N–H and O–H groups in total. The quantitative estimate of drug-likeness (QED) is 0.565. The number of hydrogen-bond donors (Lipinski definition) is 3. The normalized spacial score (nSPS) is 24.9. The van der Waals surface area contributed by atoms with Crippen molar-refractivity contribution in [2.24, 2.45) is 0 Å². The third-order valence-electron chi connectivity index (χ3n) is 4.59. The van der Waals surface area contributed by atoms with E-state index in [0.717, 1.165) is 0 Å². The van der Waals surface area contributed by atoms with Gasteiger partial charge < -0.3 is 20.7 Å². The molecule has 4 rings (SSSR count). The first-order valence-corrected chi connectivity index (χ1v) is 9.96. The number of rotatable bonds is 5. The van der Waals surface area contributed by atoms with Crippen LogP contribution in [0.1, 0.15) is 11.8 Å². The summed E-state index contributed by atoms with van der Waals surface area (Å²) in [6, 6.07) is 4.52. The van der Waals surface area contributed by atoms with Gasteiger partial charge in [0.2, 0.25) is 0 Å². The van der Waals surface area contributed by atoms with Crippen LogP contribution in [0.25, 0.3) is 11.2 Å². The Balaban J connectivity index is 1.46. The number of hydrogen-bond acceptors (Lipinski definition) is 8. The fourth-order valence-corrected chi connectivity index (χ4v) is 4.53. The highest BCUT2D eigenvalue weighted by Crippen LogP contribution is 2.34. The Kier molecular flexibility index (Phi) is 5.39. The van der Waals surface area contributed by atoms with Gasteiger partial charge in [0.1, 0.15) is 29.9 Å². The SMILES string of the molecule is Nc1ncnc2c1ncn2[C@@H]1O[C@H](CSCc2c(F)cccc2Cl)[C@@H](O)[C@H]1O. The summed E-state index contributed by atoms with van der Waals surface area (Å²) in [4.78, 5) is 12.1. The molecule has 0 aliphatic carbocycles. The minimum Gasteiger partial charge on any atom is -0.387 e. The van der Waals surface area contributed by atoms with Crippen molar-refractivity contribution in [3.8, 4) is 0 Å². The maximum absolute atomic E-state index is 13.9. The number of aromatic nitrogens is 4. The van der Waals surface area contributed by atoms with Crippen LogP contribution in [0.5, 0.6) is 0 Å². The van der Waals surface area contributed by atoms with Crippen molar-refractivity contribution >= 4 is 40.3 Å². The second-order valence-corrected chi connectivity index (χ2v) is 7.78. The Labute approximate surface area is 168 Å². The largest absolute Gasteiger partial charge is 0.387 e. The Bertz CT molecular complexity index is 986. The number of nitrogens with zero attached hydrogens (tertiary/aromatic N) is 4. The second kappa shape index (κ2) is 7.80. The van der Waals surface area contributed by atoms with Gasteiger partial charge in [0.15, 0.2) is 17.7 Å². The van der Waals surface area contributed by atoms with Gasteiger partial charge in [-0.3, -0.25) is 4.57 Å². The maximum atomic E-state index is 13.9. The lowest BCUT2D eigenvalue weighted by atomic mass is 10.1. The molecule has 1 saturated heterocycles. The zero-order valence-corrected chi connectivity index (χ0v) is 16.0. The Morgan fingerprint density at radius 3 is 2.86 bits per heavy atom. The smallest absolute Gasteiger partial charge is 0.167 e. The molecule has 3 aromatic rings. The van der Waals surface area contributed by atoms with Gasteiger partial charge in [-0.2, -0.15) is 11.8 Å². The average molecular weight is 426 g/mol. The van der Waals surface area contributed by atoms with Gasteiger partial charge in [-0.15, -0.1) is 0 Å². The number of fused-ring (bicyclic) bond motifs is 1. The lowest BCUT2D eigenvalue weighted by Gasteiger charge is -2.16. The van der Waals surface area contributed by atoms with Crippen molar-refractivity contribution in [3.05, 3.63) is 47.3 Å². The highest BCUT2D eigenvalue weighted by molar-refractivity contribution is 7.98. The molecule has 0 radical (unpaired) electrons. The number of halogens is 2. The lowest BCUT2D eigenvalue weighted by Crippen LogP contribution is -2.32. The van der Waals surface area contributed by atoms with E-state index in [1.165, 1.54) is 35.0 Å². The number of ether oxygens (including phenoxy) is 1. The van der Waals surface area contributed by atoms with E-state index in [1.54, 1.807) is 12.1 Å². The number of benzene rings is 1. The Morgan fingerprint density at radius 1 is 1.25 bits per heavy atom. The molecule has 0 bridgehead atoms. The fraction of sp³-hybridized carbons (Fsp3) is 0.353. The number of nitrogens with two attached hydrogens (primary N) is 1. The zero-order valence-electron chi connectivity index (χ0n) is 14.4. The summed E-state index contributed by atoms with van der Waals surface area (Å²) >= 11 is 7.38. The molecular formula is C17H17ClFN5O3S. The Morgan fingerprint density at radius 2 is 2.07 bits per heavy atom. The Hall–Kier alpha value is -1.98. The summed E-state index contributed by atoms with van der Waals surface area (Å²) in [7, 11) is 0. The minimum atomic E-state index is -1.18. The van der Waals surface area contributed by atoms with Crippen molar-refractivity contribution < 1.29 is 19.3 Å². The van der Waals surface area contributed by atoms with Crippen molar-refractivity contribution in [1.29, 1.82) is 0 Å². The monoisotopic (exact) mass is 425 g/mol. The summed E-state index contributed by atoms with van der Waals surface area (Å²) in [5.41, 5.74) is 6.96. The average Bonchev–Trinajstić information content (AvgIpc) is 3.21. The van der Waals surface area contributed by atoms with Crippen LogP contribution in [0, 0.1) is 5.82 Å². The highest BCUT2D eigenvalue weighted by Gasteiger charge is 2.44. The maximum Gasteiger partial charge on any atom is 0.167 e. The number of aliphatic hydroxyl groups excluding tert-OH is 2. The van der Waals surface area contributed by atoms with Gasteiger partial charge in [0, 0.05) is 22.1 Å². The molecule has 2 aromatic heterocycles. The first-order valence-electron chi connectivity index (χ1n) is 8.42. The molecule has 1 aromatic carbocycles. The van der Waals surface area contributed by atoms with Gasteiger partial charge in [-0.25, -0.2) is 19.3 Å². The molecule has 28 heavy (non-hydrogen) atoms. The van der Waals surface area contributed by atoms with Gasteiger partial charge in [0.05, 0.1) is 12.4 Å². The summed E-state index contributed by atoms with van der Waals surface area (Å²) in [6.45, 7) is 0. The number of nitrogen functional groups attached to an aromatic ring is 1. The van der Waals surface area contributed by atoms with Crippen LogP contribution < -0.4 is 5.73 Å². The van der Waals surface area contributed by atoms with E-state index in [2.05, 4.69) is 15.0 Å². The molecule has 148 valence electrons. The first kappa shape index (κ1) is 19.3. The lowest BCUT2D eigenvalue weighted by molar-refractivity contribution is -0.0289. The third-order valence-corrected chi connectivity index (χ3v) is 6.00. The molecule has 0 saturated carbocycles. The van der Waals surface area contributed by atoms with Crippen LogP contribution in [0.4, 0.5) is 10.2 Å². The predicted molar refractivity (Wildman–Crippen MR) is 103 cm³/mol. The van der Waals surface area contributed by atoms with Crippen LogP contribution in [0.2, 0.25) is 5.02 Å². The first-order chi connectivity index (χ1) is 13.5. The van der Waals surface area contributed by atoms with Crippen LogP contribution in [0.15, 0.2) is 30.9 Å². The molecule has 0 unspecified atom stereocenters. The molecule has 0 amide bonds. The second-order valence-electron chi connectivity index (χ2n) is 6.34. The number of imidazole rings is 1. The highest BCUT2D eigenvalue weighted by atomic mass is 35.5. The summed E-state index contributed by atoms with van der Waals surface area (Å²) in [5, 5.41) is 21.2. The molecule has 1 fully saturated rings. The van der Waals surface area contributed by atoms with Gasteiger partial charge in [-0.05, 0) is 12.1 Å². The standard InChI is InChI=1S/C17H17ClFN5O3S/c18-9-2-1-3-10(19)8(9)4-28-5-11-13(25)14(26)17(27-11)24-7-23-12-15(20)21-6-22-16(12)24/h1-3,6-7,11,13-14,17,25-26H,4-5H2,(H2,20,21,22)/t11-,13-,14-,17-/m1/s1. The summed E-state index contributed by atoms with van der Waals surface area (Å²) < 4.78 is 21.2. The zero-order chi connectivity index (χ0) is 19.8. The fourth-order valence-electron chi connectivity index (χ4n) is 3.10. The van der Waals surface area contributed by atoms with E-state index in [0.29, 0.717) is 33.3 Å². The van der Waals surface area contributed by atoms with Gasteiger partial charge >= 0.3 is 0 Å². The van der Waals surface area contributed by atoms with Crippen LogP contribution in [0.3, 0.4) is 0 Å². The number of aliphatic hydroxyl groups is 2. The van der Waals surface area contributed by atoms with Crippen LogP contribution >= 0.6 is 23.4 Å². The van der Waals surface area contributed by atoms with E-state index in [9.17, 15) is 14.6 Å². The topological polar surface area (TPSA) is 119 Å². The van der Waals surface area contributed by atoms with Crippen molar-refractivity contribution in [2.75, 3.05) is 11.5 Å². The van der Waals surface area contributed by atoms with Crippen molar-refractivity contribution in [2.45, 2.75) is 30.3 Å². The minimum absolute atomic E-state index is 0.214. The molecule has 0 spiro atoms. The molecule has 11 heteroatoms. The molecular weight excluding hydrogens is 409 g/mol. The van der Waals surface area contributed by atoms with E-state index in [-0.39, 0.29) is 11.6 Å². The molecule has 1 aliphatic heterocycles. The molecule has 1 aliphatic rings. The van der Waals surface area contributed by atoms with Gasteiger partial charge in [-0.1, -0.05) is 17.7 Å². The van der Waals surface area contributed by atoms with E-state index < -0.39 is 24.5 Å². The predicted octanol–water partition coefficient (Wildman–Crippen LogP) is 1.75. The van der Waals surface area contributed by atoms with E-state index in [4.69, 9.17) is 22.1 Å². The van der Waals surface area contributed by atoms with E-state index >= 15 is 0 Å². The number of anilines is 1. The summed E-state index contributed by atoms with van der Waals surface area (Å²) in [5.74, 6) is 0.485. The molecule has 8 nitrogen and oxygen atoms in total.